The Labute approximate surface area is 186 Å². The molecule has 2 fully saturated rings. The van der Waals surface area contributed by atoms with Gasteiger partial charge in [0.15, 0.2) is 0 Å². The molecule has 147 valence electrons. The van der Waals surface area contributed by atoms with Crippen molar-refractivity contribution in [3.63, 3.8) is 0 Å². The molecule has 0 aliphatic heterocycles. The van der Waals surface area contributed by atoms with Gasteiger partial charge >= 0.3 is 0 Å². The Bertz CT molecular complexity index is 427. The summed E-state index contributed by atoms with van der Waals surface area (Å²) in [6.45, 7) is 6.09. The van der Waals surface area contributed by atoms with Gasteiger partial charge in [0.05, 0.1) is 24.2 Å². The molecule has 0 spiro atoms. The van der Waals surface area contributed by atoms with Gasteiger partial charge in [-0.05, 0) is 62.2 Å². The van der Waals surface area contributed by atoms with Gasteiger partial charge in [-0.15, -0.1) is 0 Å². The summed E-state index contributed by atoms with van der Waals surface area (Å²) in [4.78, 5) is 0. The summed E-state index contributed by atoms with van der Waals surface area (Å²) in [5.41, 5.74) is 0.178. The summed E-state index contributed by atoms with van der Waals surface area (Å²) in [6.07, 6.45) is 13.1. The molecule has 3 nitrogen and oxygen atoms in total. The minimum Gasteiger partial charge on any atom is -0.393 e. The number of rotatable bonds is 11. The quantitative estimate of drug-likeness (QED) is 0.353. The third kappa shape index (κ3) is 6.00. The minimum absolute atomic E-state index is 0. The van der Waals surface area contributed by atoms with E-state index in [2.05, 4.69) is 19.9 Å². The second-order valence-corrected chi connectivity index (χ2v) is 8.59. The fraction of sp³-hybridized carbons (Fsp3) is 0.909. The molecule has 2 aliphatic rings. The van der Waals surface area contributed by atoms with Gasteiger partial charge in [0.1, 0.15) is 0 Å². The topological polar surface area (TPSA) is 64.2 Å². The van der Waals surface area contributed by atoms with E-state index in [0.29, 0.717) is 12.3 Å². The maximum atomic E-state index is 10.6. The molecular formula is C22H38NO2Y-. The summed E-state index contributed by atoms with van der Waals surface area (Å²) < 4.78 is 0. The number of aliphatic hydroxyl groups is 2. The van der Waals surface area contributed by atoms with Crippen LogP contribution in [0.3, 0.4) is 0 Å². The van der Waals surface area contributed by atoms with Crippen molar-refractivity contribution in [2.75, 3.05) is 0 Å². The van der Waals surface area contributed by atoms with Crippen LogP contribution in [-0.2, 0) is 32.7 Å². The van der Waals surface area contributed by atoms with Crippen LogP contribution in [0, 0.1) is 41.4 Å². The Morgan fingerprint density at radius 2 is 1.85 bits per heavy atom. The maximum Gasteiger partial charge on any atom is 0.0659 e. The molecule has 0 bridgehead atoms. The molecule has 1 radical (unpaired) electrons. The molecule has 2 saturated carbocycles. The first-order chi connectivity index (χ1) is 12.1. The van der Waals surface area contributed by atoms with E-state index in [0.717, 1.165) is 51.4 Å². The summed E-state index contributed by atoms with van der Waals surface area (Å²) in [7, 11) is 0. The molecule has 0 heterocycles. The number of aliphatic hydroxyl groups excluding tert-OH is 2. The first kappa shape index (κ1) is 24.6. The van der Waals surface area contributed by atoms with Crippen molar-refractivity contribution in [2.24, 2.45) is 23.2 Å². The van der Waals surface area contributed by atoms with E-state index < -0.39 is 0 Å². The number of nitrogens with zero attached hydrogens (tertiary/aromatic N) is 1. The third-order valence-corrected chi connectivity index (χ3v) is 7.29. The molecule has 26 heavy (non-hydrogen) atoms. The molecule has 1 unspecified atom stereocenters. The van der Waals surface area contributed by atoms with Crippen LogP contribution in [0.4, 0.5) is 0 Å². The molecule has 0 aromatic rings. The van der Waals surface area contributed by atoms with Gasteiger partial charge in [-0.3, -0.25) is 0 Å². The van der Waals surface area contributed by atoms with Gasteiger partial charge in [-0.1, -0.05) is 39.0 Å². The average molecular weight is 437 g/mol. The standard InChI is InChI=1S/C22H38NO2.Y/c1-3-5-6-7-10-18-17(16-23)15-20(24)19(18)11-8-12-21(25)22(4-2)13-9-14-22;/h17-21,24-25H,1,3-15H2,2H3;/q-1;/t17-,18-,19+,20+,21?;/m0./s1. The van der Waals surface area contributed by atoms with Crippen molar-refractivity contribution in [1.82, 2.24) is 0 Å². The van der Waals surface area contributed by atoms with E-state index >= 15 is 0 Å². The van der Waals surface area contributed by atoms with E-state index in [1.165, 1.54) is 25.7 Å². The Balaban J connectivity index is 0.00000338. The smallest absolute Gasteiger partial charge is 0.0659 e. The Kier molecular flexibility index (Phi) is 11.5. The van der Waals surface area contributed by atoms with Crippen LogP contribution in [-0.4, -0.2) is 22.4 Å². The molecule has 0 aromatic carbocycles. The number of hydrogen-bond donors (Lipinski definition) is 2. The summed E-state index contributed by atoms with van der Waals surface area (Å²) in [5.74, 6) is 0.597. The van der Waals surface area contributed by atoms with E-state index in [1.54, 1.807) is 0 Å². The van der Waals surface area contributed by atoms with E-state index in [-0.39, 0.29) is 62.2 Å². The maximum absolute atomic E-state index is 10.6. The first-order valence-electron chi connectivity index (χ1n) is 10.6. The van der Waals surface area contributed by atoms with Gasteiger partial charge in [-0.2, -0.15) is 11.7 Å². The summed E-state index contributed by atoms with van der Waals surface area (Å²) in [6, 6.07) is 2.44. The van der Waals surface area contributed by atoms with Crippen molar-refractivity contribution >= 4 is 0 Å². The second-order valence-electron chi connectivity index (χ2n) is 8.59. The van der Waals surface area contributed by atoms with Crippen LogP contribution in [0.15, 0.2) is 0 Å². The predicted octanol–water partition coefficient (Wildman–Crippen LogP) is 5.02. The van der Waals surface area contributed by atoms with Crippen molar-refractivity contribution in [3.05, 3.63) is 6.92 Å². The Hall–Kier alpha value is 0.514. The van der Waals surface area contributed by atoms with Crippen LogP contribution in [0.1, 0.15) is 90.4 Å². The normalized spacial score (nSPS) is 30.9. The van der Waals surface area contributed by atoms with Crippen LogP contribution in [0.25, 0.3) is 0 Å². The Morgan fingerprint density at radius 3 is 2.38 bits per heavy atom. The molecule has 4 heteroatoms. The van der Waals surface area contributed by atoms with Gasteiger partial charge in [0.2, 0.25) is 0 Å². The Morgan fingerprint density at radius 1 is 1.15 bits per heavy atom. The van der Waals surface area contributed by atoms with Crippen molar-refractivity contribution in [3.8, 4) is 6.07 Å². The minimum atomic E-state index is -0.330. The van der Waals surface area contributed by atoms with Gasteiger partial charge in [0, 0.05) is 32.7 Å². The molecule has 2 rings (SSSR count). The molecule has 2 aliphatic carbocycles. The summed E-state index contributed by atoms with van der Waals surface area (Å²) >= 11 is 0. The first-order valence-corrected chi connectivity index (χ1v) is 10.6. The number of hydrogen-bond acceptors (Lipinski definition) is 3. The number of nitriles is 1. The van der Waals surface area contributed by atoms with Crippen molar-refractivity contribution in [1.29, 1.82) is 5.26 Å². The average Bonchev–Trinajstić information content (AvgIpc) is 2.87. The SMILES string of the molecule is [CH2-]CCCCC[C@@H]1[C@@H](CCCC(O)C2(CC)CCC2)[C@H](O)C[C@H]1C#N.[Y]. The molecule has 5 atom stereocenters. The third-order valence-electron chi connectivity index (χ3n) is 7.29. The zero-order valence-corrected chi connectivity index (χ0v) is 19.5. The van der Waals surface area contributed by atoms with Crippen LogP contribution >= 0.6 is 0 Å². The summed E-state index contributed by atoms with van der Waals surface area (Å²) in [5, 5.41) is 30.5. The molecule has 2 N–H and O–H groups in total. The molecule has 0 aromatic heterocycles. The second kappa shape index (κ2) is 12.2. The zero-order valence-electron chi connectivity index (χ0n) is 16.7. The molecule has 0 saturated heterocycles. The van der Waals surface area contributed by atoms with Crippen LogP contribution in [0.5, 0.6) is 0 Å². The monoisotopic (exact) mass is 437 g/mol. The predicted molar refractivity (Wildman–Crippen MR) is 102 cm³/mol. The van der Waals surface area contributed by atoms with Crippen LogP contribution < -0.4 is 0 Å². The molecule has 0 amide bonds. The fourth-order valence-electron chi connectivity index (χ4n) is 5.30. The van der Waals surface area contributed by atoms with E-state index in [4.69, 9.17) is 0 Å². The number of unbranched alkanes of at least 4 members (excludes halogenated alkanes) is 3. The van der Waals surface area contributed by atoms with Crippen LogP contribution in [0.2, 0.25) is 0 Å². The van der Waals surface area contributed by atoms with E-state index in [9.17, 15) is 15.5 Å². The van der Waals surface area contributed by atoms with Crippen molar-refractivity contribution in [2.45, 2.75) is 103 Å². The fourth-order valence-corrected chi connectivity index (χ4v) is 5.30. The molecular weight excluding hydrogens is 399 g/mol. The van der Waals surface area contributed by atoms with Gasteiger partial charge in [-0.25, -0.2) is 0 Å². The zero-order chi connectivity index (χ0) is 18.3. The van der Waals surface area contributed by atoms with E-state index in [1.807, 2.05) is 0 Å². The van der Waals surface area contributed by atoms with Gasteiger partial charge < -0.3 is 17.1 Å². The van der Waals surface area contributed by atoms with Crippen molar-refractivity contribution < 1.29 is 42.9 Å². The largest absolute Gasteiger partial charge is 0.393 e. The van der Waals surface area contributed by atoms with Gasteiger partial charge in [0.25, 0.3) is 0 Å².